The van der Waals surface area contributed by atoms with Crippen molar-refractivity contribution in [2.45, 2.75) is 19.8 Å². The van der Waals surface area contributed by atoms with Gasteiger partial charge >= 0.3 is 0 Å². The molecule has 0 fully saturated rings. The summed E-state index contributed by atoms with van der Waals surface area (Å²) in [5.41, 5.74) is 1.80. The number of aryl methyl sites for hydroxylation is 2. The van der Waals surface area contributed by atoms with Gasteiger partial charge in [0.2, 0.25) is 0 Å². The first-order valence-electron chi connectivity index (χ1n) is 6.36. The molecule has 104 valence electrons. The number of aromatic nitrogens is 2. The maximum Gasteiger partial charge on any atom is 0.174 e. The lowest BCUT2D eigenvalue weighted by Gasteiger charge is -2.03. The molecule has 20 heavy (non-hydrogen) atoms. The Balaban J connectivity index is 2.20. The Morgan fingerprint density at radius 3 is 2.50 bits per heavy atom. The minimum absolute atomic E-state index is 0.138. The van der Waals surface area contributed by atoms with Crippen molar-refractivity contribution in [3.8, 4) is 0 Å². The summed E-state index contributed by atoms with van der Waals surface area (Å²) < 4.78 is 2.31. The number of halogens is 1. The summed E-state index contributed by atoms with van der Waals surface area (Å²) in [5, 5.41) is 4.22. The van der Waals surface area contributed by atoms with Crippen LogP contribution in [0.5, 0.6) is 0 Å². The fraction of sp³-hybridized carbons (Fsp3) is 0.267. The van der Waals surface area contributed by atoms with Gasteiger partial charge in [-0.2, -0.15) is 5.10 Å². The van der Waals surface area contributed by atoms with Crippen LogP contribution in [0.25, 0.3) is 0 Å². The number of hydrogen-bond donors (Lipinski definition) is 0. The molecule has 2 rings (SSSR count). The van der Waals surface area contributed by atoms with Gasteiger partial charge in [-0.05, 0) is 12.5 Å². The number of Topliss-reactive ketones (excluding diaryl/α,β-unsaturated/α-hetero) is 2. The average molecular weight is 335 g/mol. The number of carbonyl (C=O) groups excluding carboxylic acids is 2. The number of nitrogens with zero attached hydrogens (tertiary/aromatic N) is 2. The topological polar surface area (TPSA) is 52.0 Å². The minimum Gasteiger partial charge on any atom is -0.294 e. The molecule has 0 bridgehead atoms. The molecule has 0 atom stereocenters. The van der Waals surface area contributed by atoms with Crippen molar-refractivity contribution in [3.05, 3.63) is 51.8 Å². The highest BCUT2D eigenvalue weighted by molar-refractivity contribution is 9.10. The Morgan fingerprint density at radius 1 is 1.20 bits per heavy atom. The number of benzene rings is 1. The molecule has 0 aliphatic carbocycles. The lowest BCUT2D eigenvalue weighted by Crippen LogP contribution is -2.10. The second kappa shape index (κ2) is 6.13. The van der Waals surface area contributed by atoms with Gasteiger partial charge in [-0.3, -0.25) is 14.3 Å². The molecule has 0 spiro atoms. The number of rotatable bonds is 5. The van der Waals surface area contributed by atoms with Crippen molar-refractivity contribution >= 4 is 27.5 Å². The highest BCUT2D eigenvalue weighted by Gasteiger charge is 2.19. The smallest absolute Gasteiger partial charge is 0.174 e. The highest BCUT2D eigenvalue weighted by atomic mass is 79.9. The SMILES string of the molecule is CCc1nn(C)cc1C(=O)CC(=O)c1ccccc1Br. The van der Waals surface area contributed by atoms with Crippen LogP contribution < -0.4 is 0 Å². The monoisotopic (exact) mass is 334 g/mol. The Kier molecular flexibility index (Phi) is 4.49. The molecule has 0 saturated carbocycles. The Bertz CT molecular complexity index is 662. The molecular formula is C15H15BrN2O2. The third-order valence-electron chi connectivity index (χ3n) is 3.04. The Labute approximate surface area is 125 Å². The summed E-state index contributed by atoms with van der Waals surface area (Å²) >= 11 is 3.33. The van der Waals surface area contributed by atoms with E-state index < -0.39 is 0 Å². The van der Waals surface area contributed by atoms with Gasteiger partial charge in [0.15, 0.2) is 11.6 Å². The largest absolute Gasteiger partial charge is 0.294 e. The summed E-state index contributed by atoms with van der Waals surface area (Å²) in [6.07, 6.45) is 2.21. The molecule has 0 aliphatic heterocycles. The van der Waals surface area contributed by atoms with Gasteiger partial charge in [-0.15, -0.1) is 0 Å². The van der Waals surface area contributed by atoms with Gasteiger partial charge in [0.25, 0.3) is 0 Å². The maximum absolute atomic E-state index is 12.2. The van der Waals surface area contributed by atoms with Gasteiger partial charge in [0, 0.05) is 23.3 Å². The van der Waals surface area contributed by atoms with Gasteiger partial charge in [0.1, 0.15) is 0 Å². The van der Waals surface area contributed by atoms with Crippen LogP contribution in [0.3, 0.4) is 0 Å². The zero-order valence-corrected chi connectivity index (χ0v) is 13.0. The van der Waals surface area contributed by atoms with Crippen LogP contribution in [0.1, 0.15) is 39.8 Å². The number of ketones is 2. The third-order valence-corrected chi connectivity index (χ3v) is 3.73. The molecule has 0 radical (unpaired) electrons. The average Bonchev–Trinajstić information content (AvgIpc) is 2.80. The van der Waals surface area contributed by atoms with Crippen LogP contribution in [0, 0.1) is 0 Å². The zero-order valence-electron chi connectivity index (χ0n) is 11.4. The van der Waals surface area contributed by atoms with Crippen molar-refractivity contribution in [2.75, 3.05) is 0 Å². The molecular weight excluding hydrogens is 320 g/mol. The normalized spacial score (nSPS) is 10.6. The molecule has 2 aromatic rings. The molecule has 0 unspecified atom stereocenters. The van der Waals surface area contributed by atoms with E-state index in [9.17, 15) is 9.59 Å². The lowest BCUT2D eigenvalue weighted by atomic mass is 10.0. The van der Waals surface area contributed by atoms with Crippen molar-refractivity contribution in [1.82, 2.24) is 9.78 Å². The molecule has 1 aromatic heterocycles. The van der Waals surface area contributed by atoms with Gasteiger partial charge in [-0.1, -0.05) is 41.1 Å². The van der Waals surface area contributed by atoms with Crippen molar-refractivity contribution in [1.29, 1.82) is 0 Å². The van der Waals surface area contributed by atoms with Gasteiger partial charge in [-0.25, -0.2) is 0 Å². The minimum atomic E-state index is -0.187. The summed E-state index contributed by atoms with van der Waals surface area (Å²) in [7, 11) is 1.77. The van der Waals surface area contributed by atoms with Crippen molar-refractivity contribution in [2.24, 2.45) is 7.05 Å². The summed E-state index contributed by atoms with van der Waals surface area (Å²) in [4.78, 5) is 24.4. The molecule has 0 saturated heterocycles. The second-order valence-corrected chi connectivity index (χ2v) is 5.37. The van der Waals surface area contributed by atoms with Gasteiger partial charge in [0.05, 0.1) is 17.7 Å². The van der Waals surface area contributed by atoms with E-state index in [1.165, 1.54) is 0 Å². The molecule has 0 N–H and O–H groups in total. The Morgan fingerprint density at radius 2 is 1.85 bits per heavy atom. The first-order valence-corrected chi connectivity index (χ1v) is 7.15. The van der Waals surface area contributed by atoms with E-state index in [0.717, 1.165) is 5.69 Å². The van der Waals surface area contributed by atoms with Crippen LogP contribution in [-0.2, 0) is 13.5 Å². The van der Waals surface area contributed by atoms with Gasteiger partial charge < -0.3 is 0 Å². The summed E-state index contributed by atoms with van der Waals surface area (Å²) in [6.45, 7) is 1.94. The zero-order chi connectivity index (χ0) is 14.7. The molecule has 1 heterocycles. The van der Waals surface area contributed by atoms with E-state index in [4.69, 9.17) is 0 Å². The first-order chi connectivity index (χ1) is 9.52. The lowest BCUT2D eigenvalue weighted by molar-refractivity contribution is 0.0893. The standard InChI is InChI=1S/C15H15BrN2O2/c1-3-13-11(9-18(2)17-13)15(20)8-14(19)10-6-4-5-7-12(10)16/h4-7,9H,3,8H2,1-2H3. The number of carbonyl (C=O) groups is 2. The predicted octanol–water partition coefficient (Wildman–Crippen LogP) is 3.20. The molecule has 0 aliphatic rings. The first kappa shape index (κ1) is 14.7. The number of hydrogen-bond acceptors (Lipinski definition) is 3. The fourth-order valence-corrected chi connectivity index (χ4v) is 2.56. The van der Waals surface area contributed by atoms with E-state index >= 15 is 0 Å². The highest BCUT2D eigenvalue weighted by Crippen LogP contribution is 2.19. The van der Waals surface area contributed by atoms with E-state index in [1.54, 1.807) is 36.1 Å². The molecule has 4 nitrogen and oxygen atoms in total. The van der Waals surface area contributed by atoms with Crippen molar-refractivity contribution < 1.29 is 9.59 Å². The second-order valence-electron chi connectivity index (χ2n) is 4.52. The summed E-state index contributed by atoms with van der Waals surface area (Å²) in [5.74, 6) is -0.371. The predicted molar refractivity (Wildman–Crippen MR) is 80.0 cm³/mol. The van der Waals surface area contributed by atoms with E-state index in [1.807, 2.05) is 13.0 Å². The molecule has 1 aromatic carbocycles. The quantitative estimate of drug-likeness (QED) is 0.623. The van der Waals surface area contributed by atoms with Crippen molar-refractivity contribution in [3.63, 3.8) is 0 Å². The van der Waals surface area contributed by atoms with Crippen LogP contribution in [-0.4, -0.2) is 21.3 Å². The van der Waals surface area contributed by atoms with E-state index in [-0.39, 0.29) is 18.0 Å². The third kappa shape index (κ3) is 3.04. The maximum atomic E-state index is 12.2. The fourth-order valence-electron chi connectivity index (χ4n) is 2.05. The van der Waals surface area contributed by atoms with E-state index in [2.05, 4.69) is 21.0 Å². The van der Waals surface area contributed by atoms with Crippen LogP contribution in [0.2, 0.25) is 0 Å². The van der Waals surface area contributed by atoms with Crippen LogP contribution in [0.15, 0.2) is 34.9 Å². The summed E-state index contributed by atoms with van der Waals surface area (Å²) in [6, 6.07) is 7.12. The van der Waals surface area contributed by atoms with Crippen LogP contribution in [0.4, 0.5) is 0 Å². The Hall–Kier alpha value is -1.75. The van der Waals surface area contributed by atoms with Crippen LogP contribution >= 0.6 is 15.9 Å². The van der Waals surface area contributed by atoms with E-state index in [0.29, 0.717) is 22.0 Å². The molecule has 5 heteroatoms. The molecule has 0 amide bonds.